The van der Waals surface area contributed by atoms with E-state index in [0.29, 0.717) is 10.2 Å². The molecule has 0 fully saturated rings. The molecule has 4 nitrogen and oxygen atoms in total. The largest absolute Gasteiger partial charge is 0.496 e. The van der Waals surface area contributed by atoms with E-state index < -0.39 is 11.7 Å². The topological polar surface area (TPSA) is 55.4 Å². The fraction of sp³-hybridized carbons (Fsp3) is 0.167. The number of hydrogen-bond acceptors (Lipinski definition) is 3. The number of ketones is 1. The molecule has 0 aliphatic heterocycles. The van der Waals surface area contributed by atoms with Crippen molar-refractivity contribution in [3.8, 4) is 5.75 Å². The number of carbonyl (C=O) groups is 2. The van der Waals surface area contributed by atoms with E-state index in [1.807, 2.05) is 0 Å². The lowest BCUT2D eigenvalue weighted by Gasteiger charge is -2.07. The van der Waals surface area contributed by atoms with Crippen molar-refractivity contribution in [2.75, 3.05) is 13.7 Å². The first-order chi connectivity index (χ1) is 8.10. The van der Waals surface area contributed by atoms with Crippen LogP contribution < -0.4 is 10.1 Å². The molecule has 0 saturated heterocycles. The Hall–Kier alpha value is -1.62. The lowest BCUT2D eigenvalue weighted by atomic mass is 10.1. The number of rotatable bonds is 5. The van der Waals surface area contributed by atoms with Crippen LogP contribution in [0.2, 0.25) is 0 Å². The quantitative estimate of drug-likeness (QED) is 0.513. The summed E-state index contributed by atoms with van der Waals surface area (Å²) in [5.41, 5.74) is 0.225. The van der Waals surface area contributed by atoms with Gasteiger partial charge >= 0.3 is 0 Å². The van der Waals surface area contributed by atoms with Crippen LogP contribution in [0.3, 0.4) is 0 Å². The smallest absolute Gasteiger partial charge is 0.292 e. The van der Waals surface area contributed by atoms with Gasteiger partial charge in [0.05, 0.1) is 12.7 Å². The van der Waals surface area contributed by atoms with Crippen molar-refractivity contribution in [2.45, 2.75) is 0 Å². The summed E-state index contributed by atoms with van der Waals surface area (Å²) in [6.45, 7) is 3.71. The van der Waals surface area contributed by atoms with Crippen LogP contribution in [0.25, 0.3) is 0 Å². The highest BCUT2D eigenvalue weighted by molar-refractivity contribution is 9.10. The molecule has 1 aromatic carbocycles. The van der Waals surface area contributed by atoms with E-state index in [1.54, 1.807) is 18.2 Å². The minimum atomic E-state index is -0.679. The predicted octanol–water partition coefficient (Wildman–Crippen LogP) is 1.94. The number of Topliss-reactive ketones (excluding diaryl/α,β-unsaturated/α-hetero) is 1. The number of carbonyl (C=O) groups excluding carboxylic acids is 2. The van der Waals surface area contributed by atoms with Crippen LogP contribution in [0.1, 0.15) is 10.4 Å². The second-order valence-corrected chi connectivity index (χ2v) is 4.09. The van der Waals surface area contributed by atoms with Crippen molar-refractivity contribution in [3.63, 3.8) is 0 Å². The van der Waals surface area contributed by atoms with Gasteiger partial charge in [-0.1, -0.05) is 22.0 Å². The van der Waals surface area contributed by atoms with Crippen LogP contribution in [0.15, 0.2) is 35.3 Å². The Balaban J connectivity index is 2.98. The van der Waals surface area contributed by atoms with Crippen LogP contribution >= 0.6 is 15.9 Å². The molecule has 0 unspecified atom stereocenters. The molecule has 1 aromatic rings. The minimum absolute atomic E-state index is 0.225. The SMILES string of the molecule is C=CCNC(=O)C(=O)c1cc(Br)ccc1OC. The third-order valence-corrected chi connectivity index (χ3v) is 2.51. The average molecular weight is 298 g/mol. The molecule has 1 N–H and O–H groups in total. The maximum Gasteiger partial charge on any atom is 0.292 e. The molecule has 5 heteroatoms. The van der Waals surface area contributed by atoms with Crippen molar-refractivity contribution in [2.24, 2.45) is 0 Å². The molecule has 0 heterocycles. The standard InChI is InChI=1S/C12H12BrNO3/c1-3-6-14-12(16)11(15)9-7-8(13)4-5-10(9)17-2/h3-5,7H,1,6H2,2H3,(H,14,16). The lowest BCUT2D eigenvalue weighted by Crippen LogP contribution is -2.31. The molecule has 0 aliphatic carbocycles. The first-order valence-corrected chi connectivity index (χ1v) is 5.66. The fourth-order valence-electron chi connectivity index (χ4n) is 1.23. The first kappa shape index (κ1) is 13.4. The summed E-state index contributed by atoms with van der Waals surface area (Å²) in [6, 6.07) is 4.91. The van der Waals surface area contributed by atoms with Gasteiger partial charge in [-0.3, -0.25) is 9.59 Å². The summed E-state index contributed by atoms with van der Waals surface area (Å²) >= 11 is 3.24. The number of halogens is 1. The van der Waals surface area contributed by atoms with Crippen LogP contribution in [0, 0.1) is 0 Å². The molecule has 1 rings (SSSR count). The molecule has 0 bridgehead atoms. The molecule has 17 heavy (non-hydrogen) atoms. The van der Waals surface area contributed by atoms with Crippen molar-refractivity contribution in [1.29, 1.82) is 0 Å². The number of hydrogen-bond donors (Lipinski definition) is 1. The van der Waals surface area contributed by atoms with Crippen molar-refractivity contribution >= 4 is 27.6 Å². The van der Waals surface area contributed by atoms with Gasteiger partial charge in [0, 0.05) is 11.0 Å². The number of benzene rings is 1. The Morgan fingerprint density at radius 3 is 2.82 bits per heavy atom. The van der Waals surface area contributed by atoms with Gasteiger partial charge in [-0.25, -0.2) is 0 Å². The first-order valence-electron chi connectivity index (χ1n) is 4.87. The second kappa shape index (κ2) is 6.20. The Morgan fingerprint density at radius 1 is 1.53 bits per heavy atom. The summed E-state index contributed by atoms with van der Waals surface area (Å²) in [5, 5.41) is 2.42. The van der Waals surface area contributed by atoms with E-state index in [2.05, 4.69) is 27.8 Å². The van der Waals surface area contributed by atoms with Gasteiger partial charge in [0.2, 0.25) is 0 Å². The fourth-order valence-corrected chi connectivity index (χ4v) is 1.59. The zero-order valence-electron chi connectivity index (χ0n) is 9.33. The van der Waals surface area contributed by atoms with Gasteiger partial charge in [-0.2, -0.15) is 0 Å². The van der Waals surface area contributed by atoms with Gasteiger partial charge < -0.3 is 10.1 Å². The normalized spacial score (nSPS) is 9.53. The molecule has 0 radical (unpaired) electrons. The highest BCUT2D eigenvalue weighted by Gasteiger charge is 2.19. The Morgan fingerprint density at radius 2 is 2.24 bits per heavy atom. The maximum atomic E-state index is 11.8. The molecule has 90 valence electrons. The van der Waals surface area contributed by atoms with Crippen LogP contribution in [-0.2, 0) is 4.79 Å². The van der Waals surface area contributed by atoms with E-state index in [1.165, 1.54) is 13.2 Å². The highest BCUT2D eigenvalue weighted by Crippen LogP contribution is 2.23. The summed E-state index contributed by atoms with van der Waals surface area (Å²) in [6.07, 6.45) is 1.50. The van der Waals surface area contributed by atoms with Gasteiger partial charge in [0.15, 0.2) is 0 Å². The zero-order chi connectivity index (χ0) is 12.8. The highest BCUT2D eigenvalue weighted by atomic mass is 79.9. The summed E-state index contributed by atoms with van der Waals surface area (Å²) in [4.78, 5) is 23.3. The number of amides is 1. The Labute approximate surface area is 108 Å². The lowest BCUT2D eigenvalue weighted by molar-refractivity contribution is -0.116. The summed E-state index contributed by atoms with van der Waals surface area (Å²) < 4.78 is 5.74. The van der Waals surface area contributed by atoms with Crippen molar-refractivity contribution in [1.82, 2.24) is 5.32 Å². The van der Waals surface area contributed by atoms with Gasteiger partial charge in [0.1, 0.15) is 5.75 Å². The van der Waals surface area contributed by atoms with Crippen LogP contribution in [0.5, 0.6) is 5.75 Å². The Kier molecular flexibility index (Phi) is 4.90. The van der Waals surface area contributed by atoms with E-state index in [4.69, 9.17) is 4.74 Å². The Bertz CT molecular complexity index is 457. The van der Waals surface area contributed by atoms with Crippen molar-refractivity contribution in [3.05, 3.63) is 40.9 Å². The molecule has 0 aliphatic rings. The van der Waals surface area contributed by atoms with Gasteiger partial charge in [0.25, 0.3) is 11.7 Å². The molecular weight excluding hydrogens is 286 g/mol. The number of ether oxygens (including phenoxy) is 1. The molecule has 0 aromatic heterocycles. The van der Waals surface area contributed by atoms with E-state index in [9.17, 15) is 9.59 Å². The zero-order valence-corrected chi connectivity index (χ0v) is 10.9. The van der Waals surface area contributed by atoms with Crippen LogP contribution in [0.4, 0.5) is 0 Å². The molecule has 0 spiro atoms. The molecule has 1 amide bonds. The predicted molar refractivity (Wildman–Crippen MR) is 68.2 cm³/mol. The summed E-state index contributed by atoms with van der Waals surface area (Å²) in [5.74, 6) is -0.946. The average Bonchev–Trinajstić information content (AvgIpc) is 2.34. The van der Waals surface area contributed by atoms with Gasteiger partial charge in [-0.05, 0) is 18.2 Å². The third kappa shape index (κ3) is 3.42. The molecule has 0 atom stereocenters. The van der Waals surface area contributed by atoms with E-state index in [0.717, 1.165) is 0 Å². The number of methoxy groups -OCH3 is 1. The van der Waals surface area contributed by atoms with Crippen molar-refractivity contribution < 1.29 is 14.3 Å². The summed E-state index contributed by atoms with van der Waals surface area (Å²) in [7, 11) is 1.45. The maximum absolute atomic E-state index is 11.8. The molecule has 0 saturated carbocycles. The van der Waals surface area contributed by atoms with Gasteiger partial charge in [-0.15, -0.1) is 6.58 Å². The number of nitrogens with one attached hydrogen (secondary N) is 1. The van der Waals surface area contributed by atoms with Crippen LogP contribution in [-0.4, -0.2) is 25.3 Å². The third-order valence-electron chi connectivity index (χ3n) is 2.02. The molecular formula is C12H12BrNO3. The van der Waals surface area contributed by atoms with E-state index >= 15 is 0 Å². The second-order valence-electron chi connectivity index (χ2n) is 3.17. The monoisotopic (exact) mass is 297 g/mol. The minimum Gasteiger partial charge on any atom is -0.496 e. The van der Waals surface area contributed by atoms with E-state index in [-0.39, 0.29) is 12.1 Å².